The van der Waals surface area contributed by atoms with Crippen molar-refractivity contribution < 1.29 is 9.90 Å². The van der Waals surface area contributed by atoms with Crippen molar-refractivity contribution in [1.82, 2.24) is 9.80 Å². The van der Waals surface area contributed by atoms with Crippen LogP contribution in [0.5, 0.6) is 0 Å². The lowest BCUT2D eigenvalue weighted by molar-refractivity contribution is -0.133. The van der Waals surface area contributed by atoms with Gasteiger partial charge in [0, 0.05) is 39.1 Å². The fourth-order valence-electron chi connectivity index (χ4n) is 2.98. The molecule has 1 unspecified atom stereocenters. The molecule has 0 aliphatic carbocycles. The molecular formula is C16H33N3O2. The molecule has 1 aliphatic heterocycles. The van der Waals surface area contributed by atoms with Crippen LogP contribution in [-0.4, -0.2) is 65.7 Å². The molecule has 1 heterocycles. The van der Waals surface area contributed by atoms with Gasteiger partial charge in [-0.25, -0.2) is 0 Å². The maximum Gasteiger partial charge on any atom is 0.222 e. The molecule has 0 saturated carbocycles. The molecule has 3 N–H and O–H groups in total. The van der Waals surface area contributed by atoms with Crippen molar-refractivity contribution in [3.8, 4) is 0 Å². The van der Waals surface area contributed by atoms with Gasteiger partial charge in [0.05, 0.1) is 5.60 Å². The fourth-order valence-corrected chi connectivity index (χ4v) is 2.98. The smallest absolute Gasteiger partial charge is 0.222 e. The summed E-state index contributed by atoms with van der Waals surface area (Å²) in [4.78, 5) is 16.4. The highest BCUT2D eigenvalue weighted by molar-refractivity contribution is 5.76. The number of carbonyl (C=O) groups excluding carboxylic acids is 1. The van der Waals surface area contributed by atoms with E-state index in [9.17, 15) is 9.90 Å². The number of amides is 1. The number of nitrogens with zero attached hydrogens (tertiary/aromatic N) is 2. The molecule has 0 spiro atoms. The molecule has 1 atom stereocenters. The van der Waals surface area contributed by atoms with Crippen LogP contribution in [0.3, 0.4) is 0 Å². The van der Waals surface area contributed by atoms with Crippen LogP contribution in [0.1, 0.15) is 46.5 Å². The highest BCUT2D eigenvalue weighted by atomic mass is 16.3. The van der Waals surface area contributed by atoms with Crippen molar-refractivity contribution >= 4 is 5.91 Å². The van der Waals surface area contributed by atoms with E-state index >= 15 is 0 Å². The average molecular weight is 299 g/mol. The minimum absolute atomic E-state index is 0.272. The van der Waals surface area contributed by atoms with E-state index in [-0.39, 0.29) is 5.91 Å². The molecule has 21 heavy (non-hydrogen) atoms. The summed E-state index contributed by atoms with van der Waals surface area (Å²) in [7, 11) is 0. The zero-order valence-electron chi connectivity index (χ0n) is 14.0. The second-order valence-corrected chi connectivity index (χ2v) is 6.86. The predicted octanol–water partition coefficient (Wildman–Crippen LogP) is 1.06. The van der Waals surface area contributed by atoms with E-state index in [4.69, 9.17) is 5.73 Å². The first-order valence-corrected chi connectivity index (χ1v) is 8.28. The number of aliphatic hydroxyl groups is 1. The van der Waals surface area contributed by atoms with Crippen LogP contribution < -0.4 is 5.73 Å². The molecule has 5 heteroatoms. The second kappa shape index (κ2) is 8.71. The molecule has 1 fully saturated rings. The zero-order valence-corrected chi connectivity index (χ0v) is 14.0. The Morgan fingerprint density at radius 1 is 1.24 bits per heavy atom. The topological polar surface area (TPSA) is 69.8 Å². The van der Waals surface area contributed by atoms with Crippen LogP contribution in [-0.2, 0) is 4.79 Å². The lowest BCUT2D eigenvalue weighted by Crippen LogP contribution is -2.52. The first-order valence-electron chi connectivity index (χ1n) is 8.28. The van der Waals surface area contributed by atoms with Crippen molar-refractivity contribution in [2.24, 2.45) is 11.7 Å². The predicted molar refractivity (Wildman–Crippen MR) is 86.0 cm³/mol. The Balaban J connectivity index is 2.28. The summed E-state index contributed by atoms with van der Waals surface area (Å²) in [6.45, 7) is 10.5. The Morgan fingerprint density at radius 2 is 1.86 bits per heavy atom. The number of piperazine rings is 1. The number of nitrogens with two attached hydrogens (primary N) is 1. The first kappa shape index (κ1) is 18.4. The Kier molecular flexibility index (Phi) is 7.63. The van der Waals surface area contributed by atoms with E-state index in [0.717, 1.165) is 45.4 Å². The summed E-state index contributed by atoms with van der Waals surface area (Å²) in [5.74, 6) is 0.851. The molecule has 0 radical (unpaired) electrons. The number of rotatable bonds is 8. The number of β-amino-alcohol motifs (C(OH)–C–C–N with tert-alkyl or cyclic N) is 1. The molecule has 0 aromatic rings. The van der Waals surface area contributed by atoms with Crippen molar-refractivity contribution in [3.63, 3.8) is 0 Å². The molecule has 5 nitrogen and oxygen atoms in total. The van der Waals surface area contributed by atoms with Gasteiger partial charge in [-0.15, -0.1) is 0 Å². The molecular weight excluding hydrogens is 266 g/mol. The largest absolute Gasteiger partial charge is 0.389 e. The third-order valence-corrected chi connectivity index (χ3v) is 4.25. The van der Waals surface area contributed by atoms with E-state index in [1.807, 2.05) is 18.7 Å². The third-order valence-electron chi connectivity index (χ3n) is 4.25. The summed E-state index contributed by atoms with van der Waals surface area (Å²) < 4.78 is 0. The number of carbonyl (C=O) groups is 1. The minimum atomic E-state index is -0.664. The van der Waals surface area contributed by atoms with E-state index in [1.54, 1.807) is 0 Å². The molecule has 1 rings (SSSR count). The van der Waals surface area contributed by atoms with Crippen molar-refractivity contribution in [1.29, 1.82) is 0 Å². The Hall–Kier alpha value is -0.650. The van der Waals surface area contributed by atoms with Gasteiger partial charge in [-0.1, -0.05) is 13.3 Å². The molecule has 0 bridgehead atoms. The summed E-state index contributed by atoms with van der Waals surface area (Å²) in [5, 5.41) is 9.84. The second-order valence-electron chi connectivity index (χ2n) is 6.86. The van der Waals surface area contributed by atoms with Crippen LogP contribution in [0.2, 0.25) is 0 Å². The molecule has 124 valence electrons. The molecule has 0 aromatic heterocycles. The maximum absolute atomic E-state index is 12.2. The molecule has 1 aliphatic rings. The van der Waals surface area contributed by atoms with Crippen LogP contribution >= 0.6 is 0 Å². The third kappa shape index (κ3) is 7.25. The quantitative estimate of drug-likeness (QED) is 0.703. The fraction of sp³-hybridized carbons (Fsp3) is 0.938. The summed E-state index contributed by atoms with van der Waals surface area (Å²) in [6.07, 6.45) is 3.72. The highest BCUT2D eigenvalue weighted by Crippen LogP contribution is 2.16. The van der Waals surface area contributed by atoms with Gasteiger partial charge in [0.25, 0.3) is 0 Å². The number of hydrogen-bond donors (Lipinski definition) is 2. The van der Waals surface area contributed by atoms with Gasteiger partial charge in [-0.3, -0.25) is 9.69 Å². The summed E-state index contributed by atoms with van der Waals surface area (Å²) in [5.41, 5.74) is 4.93. The van der Waals surface area contributed by atoms with Crippen LogP contribution in [0, 0.1) is 5.92 Å². The number of hydrogen-bond acceptors (Lipinski definition) is 4. The van der Waals surface area contributed by atoms with Crippen LogP contribution in [0.15, 0.2) is 0 Å². The van der Waals surface area contributed by atoms with Crippen LogP contribution in [0.4, 0.5) is 0 Å². The van der Waals surface area contributed by atoms with Gasteiger partial charge < -0.3 is 15.7 Å². The van der Waals surface area contributed by atoms with Gasteiger partial charge in [-0.05, 0) is 39.2 Å². The summed E-state index contributed by atoms with van der Waals surface area (Å²) >= 11 is 0. The average Bonchev–Trinajstić information content (AvgIpc) is 2.42. The van der Waals surface area contributed by atoms with Crippen molar-refractivity contribution in [3.05, 3.63) is 0 Å². The van der Waals surface area contributed by atoms with Crippen molar-refractivity contribution in [2.75, 3.05) is 39.3 Å². The Bertz CT molecular complexity index is 307. The minimum Gasteiger partial charge on any atom is -0.389 e. The highest BCUT2D eigenvalue weighted by Gasteiger charge is 2.25. The van der Waals surface area contributed by atoms with Crippen LogP contribution in [0.25, 0.3) is 0 Å². The molecule has 1 amide bonds. The SMILES string of the molecule is CCC(CCN)CCC(=O)N1CCN(CC(C)(C)O)CC1. The monoisotopic (exact) mass is 299 g/mol. The lowest BCUT2D eigenvalue weighted by Gasteiger charge is -2.37. The summed E-state index contributed by atoms with van der Waals surface area (Å²) in [6, 6.07) is 0. The van der Waals surface area contributed by atoms with E-state index in [2.05, 4.69) is 11.8 Å². The van der Waals surface area contributed by atoms with E-state index in [1.165, 1.54) is 0 Å². The molecule has 0 aromatic carbocycles. The van der Waals surface area contributed by atoms with Gasteiger partial charge in [0.2, 0.25) is 5.91 Å². The van der Waals surface area contributed by atoms with E-state index < -0.39 is 5.60 Å². The lowest BCUT2D eigenvalue weighted by atomic mass is 9.96. The zero-order chi connectivity index (χ0) is 15.9. The van der Waals surface area contributed by atoms with Gasteiger partial charge in [0.1, 0.15) is 0 Å². The Morgan fingerprint density at radius 3 is 2.33 bits per heavy atom. The standard InChI is InChI=1S/C16H33N3O2/c1-4-14(7-8-17)5-6-15(20)19-11-9-18(10-12-19)13-16(2,3)21/h14,21H,4-13,17H2,1-3H3. The van der Waals surface area contributed by atoms with Gasteiger partial charge in [-0.2, -0.15) is 0 Å². The van der Waals surface area contributed by atoms with Crippen molar-refractivity contribution in [2.45, 2.75) is 52.1 Å². The van der Waals surface area contributed by atoms with E-state index in [0.29, 0.717) is 25.4 Å². The van der Waals surface area contributed by atoms with Gasteiger partial charge >= 0.3 is 0 Å². The van der Waals surface area contributed by atoms with Gasteiger partial charge in [0.15, 0.2) is 0 Å². The normalized spacial score (nSPS) is 18.8. The molecule has 1 saturated heterocycles. The maximum atomic E-state index is 12.2. The first-order chi connectivity index (χ1) is 9.85. The Labute approximate surface area is 129 Å².